The van der Waals surface area contributed by atoms with Crippen LogP contribution in [0.15, 0.2) is 35.5 Å². The van der Waals surface area contributed by atoms with E-state index in [1.54, 1.807) is 18.4 Å². The van der Waals surface area contributed by atoms with Crippen LogP contribution in [0.1, 0.15) is 9.88 Å². The van der Waals surface area contributed by atoms with Gasteiger partial charge >= 0.3 is 0 Å². The number of methoxy groups -OCH3 is 1. The van der Waals surface area contributed by atoms with Gasteiger partial charge in [0.1, 0.15) is 5.75 Å². The Morgan fingerprint density at radius 1 is 1.24 bits per heavy atom. The number of guanidine groups is 1. The maximum atomic E-state index is 5.23. The van der Waals surface area contributed by atoms with Gasteiger partial charge in [-0.3, -0.25) is 4.99 Å². The first kappa shape index (κ1) is 17.5. The number of hydrogen-bond acceptors (Lipinski definition) is 5. The summed E-state index contributed by atoms with van der Waals surface area (Å²) in [4.78, 5) is 14.7. The van der Waals surface area contributed by atoms with Crippen molar-refractivity contribution in [3.05, 3.63) is 40.3 Å². The summed E-state index contributed by atoms with van der Waals surface area (Å²) in [6.45, 7) is 6.67. The third-order valence-corrected chi connectivity index (χ3v) is 5.23. The van der Waals surface area contributed by atoms with Crippen molar-refractivity contribution in [1.29, 1.82) is 0 Å². The van der Waals surface area contributed by atoms with Crippen molar-refractivity contribution < 1.29 is 4.74 Å². The van der Waals surface area contributed by atoms with Crippen LogP contribution in [0.3, 0.4) is 0 Å². The number of hydrogen-bond donors (Lipinski definition) is 1. The highest BCUT2D eigenvalue weighted by Crippen LogP contribution is 2.20. The lowest BCUT2D eigenvalue weighted by Gasteiger charge is -2.37. The molecule has 6 nitrogen and oxygen atoms in total. The van der Waals surface area contributed by atoms with E-state index >= 15 is 0 Å². The second-order valence-corrected chi connectivity index (χ2v) is 7.24. The molecular weight excluding hydrogens is 334 g/mol. The highest BCUT2D eigenvalue weighted by molar-refractivity contribution is 7.11. The SMILES string of the molecule is CN=C(NCc1cnc(C)s1)N1CCN(c2ccc(OC)cc2)CC1. The predicted octanol–water partition coefficient (Wildman–Crippen LogP) is 2.36. The van der Waals surface area contributed by atoms with Crippen molar-refractivity contribution in [3.63, 3.8) is 0 Å². The van der Waals surface area contributed by atoms with Crippen molar-refractivity contribution in [2.75, 3.05) is 45.2 Å². The van der Waals surface area contributed by atoms with Gasteiger partial charge in [-0.05, 0) is 31.2 Å². The summed E-state index contributed by atoms with van der Waals surface area (Å²) in [6.07, 6.45) is 1.93. The third kappa shape index (κ3) is 4.42. The number of anilines is 1. The van der Waals surface area contributed by atoms with Crippen LogP contribution in [0, 0.1) is 6.92 Å². The highest BCUT2D eigenvalue weighted by Gasteiger charge is 2.19. The average Bonchev–Trinajstić information content (AvgIpc) is 3.08. The topological polar surface area (TPSA) is 53.0 Å². The van der Waals surface area contributed by atoms with Gasteiger partial charge in [0.2, 0.25) is 0 Å². The lowest BCUT2D eigenvalue weighted by Crippen LogP contribution is -2.52. The number of aromatic nitrogens is 1. The van der Waals surface area contributed by atoms with E-state index in [0.29, 0.717) is 0 Å². The van der Waals surface area contributed by atoms with E-state index in [0.717, 1.165) is 49.4 Å². The minimum Gasteiger partial charge on any atom is -0.497 e. The molecule has 3 rings (SSSR count). The number of aryl methyl sites for hydroxylation is 1. The molecule has 0 unspecified atom stereocenters. The molecule has 0 atom stereocenters. The highest BCUT2D eigenvalue weighted by atomic mass is 32.1. The Balaban J connectivity index is 1.52. The molecule has 25 heavy (non-hydrogen) atoms. The van der Waals surface area contributed by atoms with E-state index in [1.807, 2.05) is 32.3 Å². The number of rotatable bonds is 4. The number of aliphatic imine (C=N–C) groups is 1. The Kier molecular flexibility index (Phi) is 5.75. The van der Waals surface area contributed by atoms with E-state index in [1.165, 1.54) is 10.6 Å². The quantitative estimate of drug-likeness (QED) is 0.671. The predicted molar refractivity (Wildman–Crippen MR) is 104 cm³/mol. The minimum atomic E-state index is 0.775. The molecule has 1 N–H and O–H groups in total. The standard InChI is InChI=1S/C18H25N5OS/c1-14-20-12-17(25-14)13-21-18(19-2)23-10-8-22(9-11-23)15-4-6-16(24-3)7-5-15/h4-7,12H,8-11,13H2,1-3H3,(H,19,21). The van der Waals surface area contributed by atoms with Gasteiger partial charge in [-0.1, -0.05) is 0 Å². The van der Waals surface area contributed by atoms with E-state index < -0.39 is 0 Å². The van der Waals surface area contributed by atoms with Crippen molar-refractivity contribution in [2.45, 2.75) is 13.5 Å². The number of nitrogens with zero attached hydrogens (tertiary/aromatic N) is 4. The second-order valence-electron chi connectivity index (χ2n) is 5.92. The van der Waals surface area contributed by atoms with Crippen molar-refractivity contribution in [1.82, 2.24) is 15.2 Å². The van der Waals surface area contributed by atoms with Gasteiger partial charge in [-0.2, -0.15) is 0 Å². The van der Waals surface area contributed by atoms with Gasteiger partial charge in [0.25, 0.3) is 0 Å². The van der Waals surface area contributed by atoms with Crippen LogP contribution in [-0.2, 0) is 6.54 Å². The molecule has 1 aromatic heterocycles. The van der Waals surface area contributed by atoms with Crippen molar-refractivity contribution in [2.24, 2.45) is 4.99 Å². The molecule has 1 aliphatic rings. The first-order chi connectivity index (χ1) is 12.2. The Labute approximate surface area is 153 Å². The summed E-state index contributed by atoms with van der Waals surface area (Å²) in [7, 11) is 3.54. The maximum Gasteiger partial charge on any atom is 0.194 e. The van der Waals surface area contributed by atoms with E-state index in [-0.39, 0.29) is 0 Å². The Bertz CT molecular complexity index is 705. The monoisotopic (exact) mass is 359 g/mol. The Morgan fingerprint density at radius 2 is 1.96 bits per heavy atom. The van der Waals surface area contributed by atoms with Crippen molar-refractivity contribution in [3.8, 4) is 5.75 Å². The van der Waals surface area contributed by atoms with Crippen LogP contribution in [0.4, 0.5) is 5.69 Å². The summed E-state index contributed by atoms with van der Waals surface area (Å²) in [5.41, 5.74) is 1.24. The number of piperazine rings is 1. The van der Waals surface area contributed by atoms with E-state index in [4.69, 9.17) is 4.74 Å². The smallest absolute Gasteiger partial charge is 0.194 e. The first-order valence-corrected chi connectivity index (χ1v) is 9.27. The molecule has 0 radical (unpaired) electrons. The minimum absolute atomic E-state index is 0.775. The van der Waals surface area contributed by atoms with Crippen molar-refractivity contribution >= 4 is 23.0 Å². The largest absolute Gasteiger partial charge is 0.497 e. The number of thiazole rings is 1. The molecule has 7 heteroatoms. The molecule has 2 aromatic rings. The summed E-state index contributed by atoms with van der Waals surface area (Å²) < 4.78 is 5.23. The van der Waals surface area contributed by atoms with Gasteiger partial charge in [-0.25, -0.2) is 4.98 Å². The summed E-state index contributed by atoms with van der Waals surface area (Å²) in [5.74, 6) is 1.85. The van der Waals surface area contributed by atoms with Gasteiger partial charge in [-0.15, -0.1) is 11.3 Å². The van der Waals surface area contributed by atoms with Gasteiger partial charge in [0.15, 0.2) is 5.96 Å². The van der Waals surface area contributed by atoms with Crippen LogP contribution in [0.5, 0.6) is 5.75 Å². The second kappa shape index (κ2) is 8.20. The molecule has 1 fully saturated rings. The number of benzene rings is 1. The van der Waals surface area contributed by atoms with Crippen LogP contribution in [0.25, 0.3) is 0 Å². The van der Waals surface area contributed by atoms with E-state index in [9.17, 15) is 0 Å². The zero-order valence-corrected chi connectivity index (χ0v) is 15.8. The molecule has 0 aliphatic carbocycles. The molecule has 0 spiro atoms. The van der Waals surface area contributed by atoms with Crippen LogP contribution < -0.4 is 15.0 Å². The fraction of sp³-hybridized carbons (Fsp3) is 0.444. The number of nitrogens with one attached hydrogen (secondary N) is 1. The fourth-order valence-electron chi connectivity index (χ4n) is 2.95. The lowest BCUT2D eigenvalue weighted by atomic mass is 10.2. The molecular formula is C18H25N5OS. The van der Waals surface area contributed by atoms with Crippen LogP contribution >= 0.6 is 11.3 Å². The van der Waals surface area contributed by atoms with Gasteiger partial charge in [0.05, 0.1) is 18.7 Å². The summed E-state index contributed by atoms with van der Waals surface area (Å²) >= 11 is 1.72. The maximum absolute atomic E-state index is 5.23. The fourth-order valence-corrected chi connectivity index (χ4v) is 3.69. The zero-order valence-electron chi connectivity index (χ0n) is 15.0. The molecule has 1 aliphatic heterocycles. The summed E-state index contributed by atoms with van der Waals surface area (Å²) in [6, 6.07) is 8.26. The molecule has 134 valence electrons. The summed E-state index contributed by atoms with van der Waals surface area (Å²) in [5, 5.41) is 4.55. The molecule has 1 aromatic carbocycles. The lowest BCUT2D eigenvalue weighted by molar-refractivity contribution is 0.372. The Hall–Kier alpha value is -2.28. The number of ether oxygens (including phenoxy) is 1. The Morgan fingerprint density at radius 3 is 2.52 bits per heavy atom. The molecule has 0 saturated carbocycles. The first-order valence-electron chi connectivity index (χ1n) is 8.45. The van der Waals surface area contributed by atoms with E-state index in [2.05, 4.69) is 37.2 Å². The molecule has 1 saturated heterocycles. The average molecular weight is 359 g/mol. The van der Waals surface area contributed by atoms with Gasteiger partial charge < -0.3 is 19.9 Å². The molecule has 2 heterocycles. The van der Waals surface area contributed by atoms with Crippen LogP contribution in [-0.4, -0.2) is 56.2 Å². The zero-order chi connectivity index (χ0) is 17.6. The molecule has 0 bridgehead atoms. The molecule has 0 amide bonds. The van der Waals surface area contributed by atoms with Gasteiger partial charge in [0, 0.05) is 50.0 Å². The normalized spacial score (nSPS) is 15.4. The van der Waals surface area contributed by atoms with Crippen LogP contribution in [0.2, 0.25) is 0 Å². The third-order valence-electron chi connectivity index (χ3n) is 4.32.